The van der Waals surface area contributed by atoms with Gasteiger partial charge in [0.25, 0.3) is 11.8 Å². The van der Waals surface area contributed by atoms with Crippen molar-refractivity contribution in [3.63, 3.8) is 0 Å². The van der Waals surface area contributed by atoms with Crippen molar-refractivity contribution in [1.82, 2.24) is 5.01 Å². The maximum Gasteiger partial charge on any atom is 0.254 e. The summed E-state index contributed by atoms with van der Waals surface area (Å²) >= 11 is 3.59. The van der Waals surface area contributed by atoms with Crippen LogP contribution in [0.4, 0.5) is 0 Å². The maximum atomic E-state index is 13.1. The lowest BCUT2D eigenvalue weighted by molar-refractivity contribution is -0.140. The highest BCUT2D eigenvalue weighted by Gasteiger charge is 2.67. The summed E-state index contributed by atoms with van der Waals surface area (Å²) in [5.41, 5.74) is 1.91. The monoisotopic (exact) mass is 526 g/mol. The van der Waals surface area contributed by atoms with E-state index in [1.165, 1.54) is 10.8 Å². The van der Waals surface area contributed by atoms with Crippen LogP contribution in [0.2, 0.25) is 0 Å². The number of rotatable bonds is 5. The van der Waals surface area contributed by atoms with Crippen molar-refractivity contribution < 1.29 is 14.3 Å². The lowest BCUT2D eigenvalue weighted by Gasteiger charge is -2.37. The molecule has 8 rings (SSSR count). The molecule has 35 heavy (non-hydrogen) atoms. The van der Waals surface area contributed by atoms with Crippen molar-refractivity contribution in [2.75, 3.05) is 0 Å². The van der Waals surface area contributed by atoms with Gasteiger partial charge in [-0.2, -0.15) is 10.1 Å². The van der Waals surface area contributed by atoms with Gasteiger partial charge < -0.3 is 4.74 Å². The van der Waals surface area contributed by atoms with E-state index in [0.29, 0.717) is 18.4 Å². The van der Waals surface area contributed by atoms with E-state index >= 15 is 0 Å². The summed E-state index contributed by atoms with van der Waals surface area (Å²) in [5.74, 6) is 1.57. The van der Waals surface area contributed by atoms with Gasteiger partial charge in [-0.3, -0.25) is 9.59 Å². The van der Waals surface area contributed by atoms with Crippen LogP contribution in [0.1, 0.15) is 17.5 Å². The van der Waals surface area contributed by atoms with Crippen LogP contribution < -0.4 is 4.74 Å². The minimum absolute atomic E-state index is 0.143. The predicted octanol–water partition coefficient (Wildman–Crippen LogP) is 5.57. The number of nitrogens with zero attached hydrogens (tertiary/aromatic N) is 2. The molecule has 3 aromatic rings. The van der Waals surface area contributed by atoms with Crippen LogP contribution in [0.3, 0.4) is 0 Å². The summed E-state index contributed by atoms with van der Waals surface area (Å²) < 4.78 is 6.88. The van der Waals surface area contributed by atoms with Gasteiger partial charge in [-0.05, 0) is 86.1 Å². The first-order valence-electron chi connectivity index (χ1n) is 12.1. The van der Waals surface area contributed by atoms with E-state index in [9.17, 15) is 9.59 Å². The number of allylic oxidation sites excluding steroid dienone is 2. The van der Waals surface area contributed by atoms with Crippen molar-refractivity contribution in [3.8, 4) is 5.75 Å². The van der Waals surface area contributed by atoms with Gasteiger partial charge in [0.05, 0.1) is 22.5 Å². The Kier molecular flexibility index (Phi) is 4.75. The quantitative estimate of drug-likeness (QED) is 0.248. The Labute approximate surface area is 211 Å². The summed E-state index contributed by atoms with van der Waals surface area (Å²) in [6.07, 6.45) is 7.09. The van der Waals surface area contributed by atoms with E-state index in [1.807, 2.05) is 36.4 Å². The molecule has 2 bridgehead atoms. The van der Waals surface area contributed by atoms with Gasteiger partial charge in [-0.25, -0.2) is 0 Å². The van der Waals surface area contributed by atoms with E-state index in [0.717, 1.165) is 32.8 Å². The second-order valence-corrected chi connectivity index (χ2v) is 10.9. The number of amides is 2. The van der Waals surface area contributed by atoms with E-state index in [2.05, 4.69) is 57.4 Å². The summed E-state index contributed by atoms with van der Waals surface area (Å²) in [5, 5.41) is 7.81. The highest BCUT2D eigenvalue weighted by atomic mass is 79.9. The Morgan fingerprint density at radius 2 is 1.66 bits per heavy atom. The van der Waals surface area contributed by atoms with Crippen molar-refractivity contribution in [2.45, 2.75) is 13.0 Å². The summed E-state index contributed by atoms with van der Waals surface area (Å²) in [6.45, 7) is 0.450. The first-order valence-corrected chi connectivity index (χ1v) is 12.9. The molecule has 1 aliphatic heterocycles. The number of hydrazone groups is 1. The molecular formula is C29H23BrN2O3. The zero-order valence-electron chi connectivity index (χ0n) is 18.9. The van der Waals surface area contributed by atoms with E-state index in [-0.39, 0.29) is 35.5 Å². The van der Waals surface area contributed by atoms with Crippen LogP contribution >= 0.6 is 15.9 Å². The van der Waals surface area contributed by atoms with Crippen molar-refractivity contribution in [3.05, 3.63) is 88.4 Å². The van der Waals surface area contributed by atoms with E-state index in [1.54, 1.807) is 6.21 Å². The maximum absolute atomic E-state index is 13.1. The number of halogens is 1. The van der Waals surface area contributed by atoms with Crippen molar-refractivity contribution >= 4 is 44.7 Å². The summed E-state index contributed by atoms with van der Waals surface area (Å²) in [6, 6.07) is 20.1. The van der Waals surface area contributed by atoms with Gasteiger partial charge >= 0.3 is 0 Å². The lowest BCUT2D eigenvalue weighted by Crippen LogP contribution is -2.40. The fourth-order valence-electron chi connectivity index (χ4n) is 6.47. The third kappa shape index (κ3) is 3.30. The standard InChI is InChI=1S/C29H23BrN2O3/c30-24-12-16(8-11-25(24)35-15-18-6-3-5-17-4-1-2-7-19(17)18)14-31-32-28(33)26-20-9-10-21(23-13-22(20)23)27(26)29(32)34/h1-12,14,20-23,26-27H,13,15H2/b31-14-/t20-,21-,22-,23-,26+,27+/m0/s1. The molecule has 0 N–H and O–H groups in total. The highest BCUT2D eigenvalue weighted by molar-refractivity contribution is 9.10. The number of fused-ring (bicyclic) bond motifs is 1. The molecule has 5 aliphatic rings. The van der Waals surface area contributed by atoms with Crippen LogP contribution in [0.25, 0.3) is 10.8 Å². The number of hydrogen-bond acceptors (Lipinski definition) is 4. The zero-order valence-corrected chi connectivity index (χ0v) is 20.5. The van der Waals surface area contributed by atoms with Crippen molar-refractivity contribution in [2.24, 2.45) is 40.6 Å². The second-order valence-electron chi connectivity index (χ2n) is 10.0. The normalized spacial score (nSPS) is 30.3. The van der Waals surface area contributed by atoms with Gasteiger partial charge in [0, 0.05) is 0 Å². The molecule has 3 fully saturated rings. The van der Waals surface area contributed by atoms with Crippen LogP contribution in [-0.4, -0.2) is 23.0 Å². The van der Waals surface area contributed by atoms with Crippen LogP contribution in [0.5, 0.6) is 5.75 Å². The molecule has 2 amide bonds. The van der Waals surface area contributed by atoms with Crippen LogP contribution in [-0.2, 0) is 16.2 Å². The largest absolute Gasteiger partial charge is 0.488 e. The minimum Gasteiger partial charge on any atom is -0.488 e. The Bertz CT molecular complexity index is 1410. The predicted molar refractivity (Wildman–Crippen MR) is 137 cm³/mol. The smallest absolute Gasteiger partial charge is 0.254 e. The molecule has 174 valence electrons. The Morgan fingerprint density at radius 1 is 0.943 bits per heavy atom. The molecule has 0 unspecified atom stereocenters. The van der Waals surface area contributed by atoms with Gasteiger partial charge in [-0.15, -0.1) is 0 Å². The topological polar surface area (TPSA) is 59.0 Å². The van der Waals surface area contributed by atoms with E-state index < -0.39 is 0 Å². The third-order valence-electron chi connectivity index (χ3n) is 8.18. The average Bonchev–Trinajstić information content (AvgIpc) is 3.66. The van der Waals surface area contributed by atoms with E-state index in [4.69, 9.17) is 4.74 Å². The SMILES string of the molecule is O=C1[C@@H]2[C@H]3C=C[C@@H]([C@@H]4C[C@@H]34)[C@H]2C(=O)N1/N=C\c1ccc(OCc2cccc3ccccc23)c(Br)c1. The second kappa shape index (κ2) is 7.89. The number of benzene rings is 3. The van der Waals surface area contributed by atoms with Crippen LogP contribution in [0, 0.1) is 35.5 Å². The lowest BCUT2D eigenvalue weighted by atomic mass is 9.63. The molecule has 1 saturated heterocycles. The van der Waals surface area contributed by atoms with Gasteiger partial charge in [0.15, 0.2) is 0 Å². The molecule has 5 nitrogen and oxygen atoms in total. The fraction of sp³-hybridized carbons (Fsp3) is 0.276. The molecule has 0 radical (unpaired) electrons. The molecule has 1 heterocycles. The molecule has 6 atom stereocenters. The van der Waals surface area contributed by atoms with Gasteiger partial charge in [-0.1, -0.05) is 54.6 Å². The number of imide groups is 1. The Balaban J connectivity index is 1.06. The van der Waals surface area contributed by atoms with Gasteiger partial charge in [0.2, 0.25) is 0 Å². The molecule has 3 aromatic carbocycles. The van der Waals surface area contributed by atoms with Crippen LogP contribution in [0.15, 0.2) is 82.4 Å². The summed E-state index contributed by atoms with van der Waals surface area (Å²) in [4.78, 5) is 26.2. The molecule has 6 heteroatoms. The fourth-order valence-corrected chi connectivity index (χ4v) is 6.98. The number of hydrogen-bond donors (Lipinski definition) is 0. The number of carbonyl (C=O) groups excluding carboxylic acids is 2. The zero-order chi connectivity index (χ0) is 23.7. The number of ether oxygens (including phenoxy) is 1. The minimum atomic E-state index is -0.227. The average molecular weight is 527 g/mol. The Morgan fingerprint density at radius 3 is 2.40 bits per heavy atom. The Hall–Kier alpha value is -3.25. The molecule has 4 aliphatic carbocycles. The first kappa shape index (κ1) is 21.1. The van der Waals surface area contributed by atoms with Gasteiger partial charge in [0.1, 0.15) is 12.4 Å². The third-order valence-corrected chi connectivity index (χ3v) is 8.80. The molecule has 0 spiro atoms. The molecule has 0 aromatic heterocycles. The highest BCUT2D eigenvalue weighted by Crippen LogP contribution is 2.65. The molecular weight excluding hydrogens is 504 g/mol. The summed E-state index contributed by atoms with van der Waals surface area (Å²) in [7, 11) is 0. The molecule has 2 saturated carbocycles. The number of carbonyl (C=O) groups is 2. The first-order chi connectivity index (χ1) is 17.1. The van der Waals surface area contributed by atoms with Crippen molar-refractivity contribution in [1.29, 1.82) is 0 Å².